The minimum atomic E-state index is 0.446. The van der Waals surface area contributed by atoms with E-state index >= 15 is 0 Å². The van der Waals surface area contributed by atoms with E-state index < -0.39 is 0 Å². The van der Waals surface area contributed by atoms with Gasteiger partial charge in [0.05, 0.1) is 11.4 Å². The summed E-state index contributed by atoms with van der Waals surface area (Å²) in [6.07, 6.45) is 3.00. The molecule has 0 aromatic carbocycles. The number of nitrogens with zero attached hydrogens (tertiary/aromatic N) is 1. The normalized spacial score (nSPS) is 12.9. The van der Waals surface area contributed by atoms with Gasteiger partial charge < -0.3 is 10.7 Å². The average molecular weight is 235 g/mol. The molecule has 0 aliphatic carbocycles. The summed E-state index contributed by atoms with van der Waals surface area (Å²) in [7, 11) is 0. The standard InChI is InChI=1S/C12H17N3S/c1-3-9(7-13)11-8(2)15-12(16-11)10-5-4-6-14-10/h4-6,9,14H,3,7,13H2,1-2H3. The summed E-state index contributed by atoms with van der Waals surface area (Å²) in [5.74, 6) is 0.446. The van der Waals surface area contributed by atoms with Crippen LogP contribution in [0.1, 0.15) is 29.8 Å². The van der Waals surface area contributed by atoms with Crippen molar-refractivity contribution in [2.75, 3.05) is 6.54 Å². The summed E-state index contributed by atoms with van der Waals surface area (Å²) in [6.45, 7) is 4.94. The molecule has 0 amide bonds. The Labute approximate surface area is 99.7 Å². The molecule has 4 heteroatoms. The van der Waals surface area contributed by atoms with E-state index in [1.54, 1.807) is 11.3 Å². The monoisotopic (exact) mass is 235 g/mol. The van der Waals surface area contributed by atoms with E-state index in [0.29, 0.717) is 12.5 Å². The zero-order chi connectivity index (χ0) is 11.5. The van der Waals surface area contributed by atoms with Gasteiger partial charge in [-0.25, -0.2) is 4.98 Å². The Morgan fingerprint density at radius 1 is 1.56 bits per heavy atom. The molecular formula is C12H17N3S. The highest BCUT2D eigenvalue weighted by atomic mass is 32.1. The van der Waals surface area contributed by atoms with Gasteiger partial charge in [-0.3, -0.25) is 0 Å². The highest BCUT2D eigenvalue weighted by Gasteiger charge is 2.16. The van der Waals surface area contributed by atoms with Crippen molar-refractivity contribution in [2.24, 2.45) is 5.73 Å². The van der Waals surface area contributed by atoms with Gasteiger partial charge in [0.15, 0.2) is 0 Å². The van der Waals surface area contributed by atoms with E-state index in [1.807, 2.05) is 18.3 Å². The molecule has 16 heavy (non-hydrogen) atoms. The van der Waals surface area contributed by atoms with Crippen LogP contribution >= 0.6 is 11.3 Å². The smallest absolute Gasteiger partial charge is 0.140 e. The average Bonchev–Trinajstić information content (AvgIpc) is 2.90. The summed E-state index contributed by atoms with van der Waals surface area (Å²) in [4.78, 5) is 9.12. The first kappa shape index (κ1) is 11.4. The van der Waals surface area contributed by atoms with Crippen LogP contribution in [0.4, 0.5) is 0 Å². The summed E-state index contributed by atoms with van der Waals surface area (Å²) < 4.78 is 0. The number of aryl methyl sites for hydroxylation is 1. The molecule has 2 rings (SSSR count). The second kappa shape index (κ2) is 4.80. The second-order valence-electron chi connectivity index (χ2n) is 3.89. The van der Waals surface area contributed by atoms with Gasteiger partial charge >= 0.3 is 0 Å². The van der Waals surface area contributed by atoms with E-state index in [4.69, 9.17) is 5.73 Å². The Hall–Kier alpha value is -1.13. The molecule has 3 nitrogen and oxygen atoms in total. The number of H-pyrrole nitrogens is 1. The van der Waals surface area contributed by atoms with Crippen LogP contribution in [0.5, 0.6) is 0 Å². The SMILES string of the molecule is CCC(CN)c1sc(-c2ccc[nH]2)nc1C. The number of rotatable bonds is 4. The molecule has 0 bridgehead atoms. The van der Waals surface area contributed by atoms with Crippen molar-refractivity contribution in [3.63, 3.8) is 0 Å². The lowest BCUT2D eigenvalue weighted by atomic mass is 10.0. The molecule has 0 saturated carbocycles. The molecule has 1 atom stereocenters. The van der Waals surface area contributed by atoms with Gasteiger partial charge in [0.1, 0.15) is 5.01 Å². The largest absolute Gasteiger partial charge is 0.359 e. The third-order valence-corrected chi connectivity index (χ3v) is 4.16. The fourth-order valence-electron chi connectivity index (χ4n) is 1.82. The van der Waals surface area contributed by atoms with Gasteiger partial charge in [-0.15, -0.1) is 11.3 Å². The van der Waals surface area contributed by atoms with Crippen LogP contribution in [0, 0.1) is 6.92 Å². The minimum absolute atomic E-state index is 0.446. The second-order valence-corrected chi connectivity index (χ2v) is 4.92. The molecule has 0 saturated heterocycles. The van der Waals surface area contributed by atoms with E-state index in [2.05, 4.69) is 23.8 Å². The maximum atomic E-state index is 5.78. The van der Waals surface area contributed by atoms with Crippen molar-refractivity contribution in [1.82, 2.24) is 9.97 Å². The summed E-state index contributed by atoms with van der Waals surface area (Å²) in [6, 6.07) is 4.04. The van der Waals surface area contributed by atoms with Gasteiger partial charge in [0.25, 0.3) is 0 Å². The van der Waals surface area contributed by atoms with E-state index in [1.165, 1.54) is 4.88 Å². The molecule has 0 radical (unpaired) electrons. The first-order chi connectivity index (χ1) is 7.76. The molecule has 0 aliphatic rings. The number of hydrogen-bond acceptors (Lipinski definition) is 3. The van der Waals surface area contributed by atoms with E-state index in [0.717, 1.165) is 22.8 Å². The van der Waals surface area contributed by atoms with Crippen LogP contribution < -0.4 is 5.73 Å². The zero-order valence-electron chi connectivity index (χ0n) is 9.66. The zero-order valence-corrected chi connectivity index (χ0v) is 10.5. The Balaban J connectivity index is 2.35. The molecule has 86 valence electrons. The van der Waals surface area contributed by atoms with Crippen molar-refractivity contribution in [3.05, 3.63) is 28.9 Å². The van der Waals surface area contributed by atoms with Crippen LogP contribution in [-0.4, -0.2) is 16.5 Å². The van der Waals surface area contributed by atoms with Gasteiger partial charge in [0.2, 0.25) is 0 Å². The third kappa shape index (κ3) is 2.03. The van der Waals surface area contributed by atoms with Crippen LogP contribution in [0.2, 0.25) is 0 Å². The van der Waals surface area contributed by atoms with Crippen molar-refractivity contribution in [3.8, 4) is 10.7 Å². The summed E-state index contributed by atoms with van der Waals surface area (Å²) in [5.41, 5.74) is 7.99. The van der Waals surface area contributed by atoms with Gasteiger partial charge in [0, 0.05) is 23.5 Å². The summed E-state index contributed by atoms with van der Waals surface area (Å²) in [5, 5.41) is 1.06. The van der Waals surface area contributed by atoms with E-state index in [9.17, 15) is 0 Å². The maximum absolute atomic E-state index is 5.78. The van der Waals surface area contributed by atoms with Gasteiger partial charge in [-0.2, -0.15) is 0 Å². The molecule has 2 heterocycles. The first-order valence-electron chi connectivity index (χ1n) is 5.57. The van der Waals surface area contributed by atoms with Crippen molar-refractivity contribution in [1.29, 1.82) is 0 Å². The predicted molar refractivity (Wildman–Crippen MR) is 68.7 cm³/mol. The fourth-order valence-corrected chi connectivity index (χ4v) is 3.08. The number of hydrogen-bond donors (Lipinski definition) is 2. The van der Waals surface area contributed by atoms with Crippen LogP contribution in [0.15, 0.2) is 18.3 Å². The molecule has 2 aromatic heterocycles. The molecular weight excluding hydrogens is 218 g/mol. The lowest BCUT2D eigenvalue weighted by molar-refractivity contribution is 0.680. The van der Waals surface area contributed by atoms with Gasteiger partial charge in [-0.05, 0) is 25.5 Å². The Morgan fingerprint density at radius 2 is 2.38 bits per heavy atom. The van der Waals surface area contributed by atoms with Crippen molar-refractivity contribution in [2.45, 2.75) is 26.2 Å². The van der Waals surface area contributed by atoms with Crippen molar-refractivity contribution < 1.29 is 0 Å². The van der Waals surface area contributed by atoms with Crippen LogP contribution in [-0.2, 0) is 0 Å². The lowest BCUT2D eigenvalue weighted by Gasteiger charge is -2.09. The minimum Gasteiger partial charge on any atom is -0.359 e. The fraction of sp³-hybridized carbons (Fsp3) is 0.417. The van der Waals surface area contributed by atoms with Crippen molar-refractivity contribution >= 4 is 11.3 Å². The van der Waals surface area contributed by atoms with Crippen LogP contribution in [0.25, 0.3) is 10.7 Å². The van der Waals surface area contributed by atoms with Gasteiger partial charge in [-0.1, -0.05) is 6.92 Å². The van der Waals surface area contributed by atoms with Crippen LogP contribution in [0.3, 0.4) is 0 Å². The predicted octanol–water partition coefficient (Wildman–Crippen LogP) is 2.90. The highest BCUT2D eigenvalue weighted by Crippen LogP contribution is 2.32. The van der Waals surface area contributed by atoms with E-state index in [-0.39, 0.29) is 0 Å². The number of nitrogens with two attached hydrogens (primary N) is 1. The Bertz CT molecular complexity index is 441. The molecule has 0 aliphatic heterocycles. The maximum Gasteiger partial charge on any atom is 0.140 e. The number of aromatic amines is 1. The number of thiazole rings is 1. The Morgan fingerprint density at radius 3 is 2.94 bits per heavy atom. The quantitative estimate of drug-likeness (QED) is 0.856. The topological polar surface area (TPSA) is 54.7 Å². The number of aromatic nitrogens is 2. The number of nitrogens with one attached hydrogen (secondary N) is 1. The summed E-state index contributed by atoms with van der Waals surface area (Å²) >= 11 is 1.75. The lowest BCUT2D eigenvalue weighted by Crippen LogP contribution is -2.11. The molecule has 1 unspecified atom stereocenters. The third-order valence-electron chi connectivity index (χ3n) is 2.81. The molecule has 3 N–H and O–H groups in total. The molecule has 0 spiro atoms. The molecule has 0 fully saturated rings. The highest BCUT2D eigenvalue weighted by molar-refractivity contribution is 7.15. The first-order valence-corrected chi connectivity index (χ1v) is 6.39. The Kier molecular flexibility index (Phi) is 3.41. The molecule has 2 aromatic rings.